The molecular weight excluding hydrogens is 142 g/mol. The standard InChI is InChI=1S/C8H15NS/c1-8(2,3)10-7-5-4-6-9/h4-5,7H2,1-3H3. The molecule has 0 bridgehead atoms. The average Bonchev–Trinajstić information content (AvgIpc) is 1.78. The minimum Gasteiger partial charge on any atom is -0.198 e. The molecule has 0 spiro atoms. The number of nitriles is 1. The van der Waals surface area contributed by atoms with Crippen LogP contribution in [0.1, 0.15) is 33.6 Å². The van der Waals surface area contributed by atoms with Crippen molar-refractivity contribution >= 4 is 11.8 Å². The van der Waals surface area contributed by atoms with Crippen LogP contribution in [0.25, 0.3) is 0 Å². The number of rotatable bonds is 3. The number of thioether (sulfide) groups is 1. The summed E-state index contributed by atoms with van der Waals surface area (Å²) in [6.07, 6.45) is 1.72. The molecule has 0 atom stereocenters. The van der Waals surface area contributed by atoms with Gasteiger partial charge in [0.2, 0.25) is 0 Å². The quantitative estimate of drug-likeness (QED) is 0.588. The van der Waals surface area contributed by atoms with Gasteiger partial charge in [-0.2, -0.15) is 17.0 Å². The Balaban J connectivity index is 3.14. The first-order valence-corrected chi connectivity index (χ1v) is 4.56. The monoisotopic (exact) mass is 157 g/mol. The van der Waals surface area contributed by atoms with Crippen molar-refractivity contribution in [3.8, 4) is 6.07 Å². The number of hydrogen-bond donors (Lipinski definition) is 0. The Morgan fingerprint density at radius 1 is 1.40 bits per heavy atom. The fourth-order valence-electron chi connectivity index (χ4n) is 0.530. The van der Waals surface area contributed by atoms with Crippen molar-refractivity contribution in [2.24, 2.45) is 0 Å². The lowest BCUT2D eigenvalue weighted by Crippen LogP contribution is -2.07. The van der Waals surface area contributed by atoms with Crippen molar-refractivity contribution in [1.29, 1.82) is 5.26 Å². The van der Waals surface area contributed by atoms with Gasteiger partial charge in [-0.25, -0.2) is 0 Å². The smallest absolute Gasteiger partial charge is 0.0622 e. The zero-order valence-corrected chi connectivity index (χ0v) is 7.79. The number of nitrogens with zero attached hydrogens (tertiary/aromatic N) is 1. The Morgan fingerprint density at radius 3 is 2.40 bits per heavy atom. The molecule has 0 N–H and O–H groups in total. The molecule has 0 saturated carbocycles. The van der Waals surface area contributed by atoms with Crippen molar-refractivity contribution in [3.63, 3.8) is 0 Å². The maximum absolute atomic E-state index is 8.24. The summed E-state index contributed by atoms with van der Waals surface area (Å²) in [5.74, 6) is 1.11. The van der Waals surface area contributed by atoms with Crippen LogP contribution in [0.15, 0.2) is 0 Å². The highest BCUT2D eigenvalue weighted by atomic mass is 32.2. The van der Waals surface area contributed by atoms with Crippen molar-refractivity contribution in [2.45, 2.75) is 38.4 Å². The molecule has 0 aromatic rings. The first-order valence-electron chi connectivity index (χ1n) is 3.57. The summed E-state index contributed by atoms with van der Waals surface area (Å²) >= 11 is 1.92. The van der Waals surface area contributed by atoms with Gasteiger partial charge in [0.1, 0.15) is 0 Å². The maximum atomic E-state index is 8.24. The van der Waals surface area contributed by atoms with Crippen LogP contribution in [0.4, 0.5) is 0 Å². The zero-order chi connectivity index (χ0) is 8.04. The van der Waals surface area contributed by atoms with E-state index in [0.29, 0.717) is 11.2 Å². The van der Waals surface area contributed by atoms with E-state index >= 15 is 0 Å². The van der Waals surface area contributed by atoms with E-state index in [1.54, 1.807) is 0 Å². The lowest BCUT2D eigenvalue weighted by Gasteiger charge is -2.16. The molecule has 1 nitrogen and oxygen atoms in total. The van der Waals surface area contributed by atoms with E-state index in [2.05, 4.69) is 26.8 Å². The molecular formula is C8H15NS. The fraction of sp³-hybridized carbons (Fsp3) is 0.875. The number of unbranched alkanes of at least 4 members (excludes halogenated alkanes) is 1. The largest absolute Gasteiger partial charge is 0.198 e. The lowest BCUT2D eigenvalue weighted by molar-refractivity contribution is 0.798. The third kappa shape index (κ3) is 7.84. The summed E-state index contributed by atoms with van der Waals surface area (Å²) < 4.78 is 0.357. The molecule has 0 rings (SSSR count). The molecule has 0 unspecified atom stereocenters. The van der Waals surface area contributed by atoms with Crippen LogP contribution in [-0.4, -0.2) is 10.5 Å². The van der Waals surface area contributed by atoms with Crippen molar-refractivity contribution in [2.75, 3.05) is 5.75 Å². The third-order valence-corrected chi connectivity index (χ3v) is 2.33. The van der Waals surface area contributed by atoms with Crippen LogP contribution in [0, 0.1) is 11.3 Å². The second kappa shape index (κ2) is 4.62. The molecule has 0 fully saturated rings. The third-order valence-electron chi connectivity index (χ3n) is 0.968. The van der Waals surface area contributed by atoms with Crippen LogP contribution >= 0.6 is 11.8 Å². The van der Waals surface area contributed by atoms with Crippen LogP contribution in [0.3, 0.4) is 0 Å². The Kier molecular flexibility index (Phi) is 4.55. The summed E-state index contributed by atoms with van der Waals surface area (Å²) in [6.45, 7) is 6.60. The molecule has 0 aliphatic rings. The minimum absolute atomic E-state index is 0.357. The van der Waals surface area contributed by atoms with Crippen molar-refractivity contribution in [3.05, 3.63) is 0 Å². The van der Waals surface area contributed by atoms with Gasteiger partial charge in [-0.05, 0) is 12.2 Å². The molecule has 0 heterocycles. The summed E-state index contributed by atoms with van der Waals surface area (Å²) in [6, 6.07) is 2.14. The Hall–Kier alpha value is -0.160. The second-order valence-corrected chi connectivity index (χ2v) is 5.14. The van der Waals surface area contributed by atoms with Gasteiger partial charge < -0.3 is 0 Å². The van der Waals surface area contributed by atoms with Gasteiger partial charge in [-0.3, -0.25) is 0 Å². The van der Waals surface area contributed by atoms with Crippen LogP contribution in [0.2, 0.25) is 0 Å². The topological polar surface area (TPSA) is 23.8 Å². The molecule has 0 radical (unpaired) electrons. The lowest BCUT2D eigenvalue weighted by atomic mass is 10.3. The van der Waals surface area contributed by atoms with E-state index in [0.717, 1.165) is 12.2 Å². The summed E-state index contributed by atoms with van der Waals surface area (Å²) in [5.41, 5.74) is 0. The predicted octanol–water partition coefficient (Wildman–Crippen LogP) is 2.82. The summed E-state index contributed by atoms with van der Waals surface area (Å²) in [4.78, 5) is 0. The minimum atomic E-state index is 0.357. The Labute approximate surface area is 67.8 Å². The molecule has 0 saturated heterocycles. The predicted molar refractivity (Wildman–Crippen MR) is 47.1 cm³/mol. The molecule has 2 heteroatoms. The van der Waals surface area contributed by atoms with Gasteiger partial charge in [0, 0.05) is 11.2 Å². The average molecular weight is 157 g/mol. The summed E-state index contributed by atoms with van der Waals surface area (Å²) in [5, 5.41) is 8.24. The molecule has 0 aliphatic carbocycles. The van der Waals surface area contributed by atoms with Gasteiger partial charge in [-0.1, -0.05) is 20.8 Å². The van der Waals surface area contributed by atoms with Gasteiger partial charge in [0.15, 0.2) is 0 Å². The molecule has 0 amide bonds. The van der Waals surface area contributed by atoms with Crippen LogP contribution in [0.5, 0.6) is 0 Å². The van der Waals surface area contributed by atoms with E-state index in [-0.39, 0.29) is 0 Å². The first kappa shape index (κ1) is 9.84. The van der Waals surface area contributed by atoms with Gasteiger partial charge >= 0.3 is 0 Å². The van der Waals surface area contributed by atoms with Crippen molar-refractivity contribution < 1.29 is 0 Å². The zero-order valence-electron chi connectivity index (χ0n) is 6.98. The summed E-state index contributed by atoms with van der Waals surface area (Å²) in [7, 11) is 0. The van der Waals surface area contributed by atoms with Gasteiger partial charge in [0.25, 0.3) is 0 Å². The van der Waals surface area contributed by atoms with E-state index in [1.165, 1.54) is 0 Å². The highest BCUT2D eigenvalue weighted by Crippen LogP contribution is 2.23. The second-order valence-electron chi connectivity index (χ2n) is 3.22. The highest BCUT2D eigenvalue weighted by Gasteiger charge is 2.08. The van der Waals surface area contributed by atoms with Crippen LogP contribution in [-0.2, 0) is 0 Å². The maximum Gasteiger partial charge on any atom is 0.0622 e. The normalized spacial score (nSPS) is 11.0. The van der Waals surface area contributed by atoms with Crippen LogP contribution < -0.4 is 0 Å². The van der Waals surface area contributed by atoms with Gasteiger partial charge in [-0.15, -0.1) is 0 Å². The molecule has 0 aliphatic heterocycles. The van der Waals surface area contributed by atoms with E-state index < -0.39 is 0 Å². The molecule has 10 heavy (non-hydrogen) atoms. The number of hydrogen-bond acceptors (Lipinski definition) is 2. The molecule has 0 aromatic heterocycles. The molecule has 58 valence electrons. The highest BCUT2D eigenvalue weighted by molar-refractivity contribution is 8.00. The van der Waals surface area contributed by atoms with Gasteiger partial charge in [0.05, 0.1) is 6.07 Å². The van der Waals surface area contributed by atoms with E-state index in [4.69, 9.17) is 5.26 Å². The van der Waals surface area contributed by atoms with Crippen molar-refractivity contribution in [1.82, 2.24) is 0 Å². The van der Waals surface area contributed by atoms with E-state index in [1.807, 2.05) is 11.8 Å². The molecule has 0 aromatic carbocycles. The Morgan fingerprint density at radius 2 is 2.00 bits per heavy atom. The van der Waals surface area contributed by atoms with E-state index in [9.17, 15) is 0 Å². The Bertz CT molecular complexity index is 118. The fourth-order valence-corrected chi connectivity index (χ4v) is 1.43. The first-order chi connectivity index (χ1) is 4.56. The SMILES string of the molecule is CC(C)(C)SCCCC#N.